The molecule has 1 fully saturated rings. The third-order valence-corrected chi connectivity index (χ3v) is 2.43. The van der Waals surface area contributed by atoms with E-state index in [-0.39, 0.29) is 6.17 Å². The summed E-state index contributed by atoms with van der Waals surface area (Å²) in [7, 11) is 2.08. The Balaban J connectivity index is 2.24. The van der Waals surface area contributed by atoms with Crippen LogP contribution >= 0.6 is 0 Å². The number of benzene rings is 1. The van der Waals surface area contributed by atoms with E-state index in [1.165, 1.54) is 0 Å². The monoisotopic (exact) mass is 178 g/mol. The fourth-order valence-electron chi connectivity index (χ4n) is 1.73. The van der Waals surface area contributed by atoms with Crippen molar-refractivity contribution in [1.82, 2.24) is 10.2 Å². The van der Waals surface area contributed by atoms with Gasteiger partial charge in [-0.15, -0.1) is 0 Å². The topological polar surface area (TPSA) is 35.5 Å². The fraction of sp³-hybridized carbons (Fsp3) is 0.400. The van der Waals surface area contributed by atoms with Gasteiger partial charge in [-0.25, -0.2) is 0 Å². The quantitative estimate of drug-likeness (QED) is 0.671. The summed E-state index contributed by atoms with van der Waals surface area (Å²) < 4.78 is 0. The van der Waals surface area contributed by atoms with Gasteiger partial charge in [0.1, 0.15) is 5.75 Å². The van der Waals surface area contributed by atoms with Crippen LogP contribution in [0.15, 0.2) is 24.3 Å². The molecule has 1 aromatic carbocycles. The first kappa shape index (κ1) is 8.53. The summed E-state index contributed by atoms with van der Waals surface area (Å²) in [4.78, 5) is 2.23. The van der Waals surface area contributed by atoms with Crippen LogP contribution in [-0.4, -0.2) is 30.1 Å². The SMILES string of the molecule is CN1CCNC1c1cccc(O)c1. The molecule has 2 N–H and O–H groups in total. The molecule has 70 valence electrons. The molecule has 1 heterocycles. The molecule has 0 amide bonds. The molecule has 2 rings (SSSR count). The van der Waals surface area contributed by atoms with E-state index in [2.05, 4.69) is 17.3 Å². The van der Waals surface area contributed by atoms with Crippen LogP contribution in [0, 0.1) is 0 Å². The largest absolute Gasteiger partial charge is 0.508 e. The zero-order valence-electron chi connectivity index (χ0n) is 7.70. The predicted molar refractivity (Wildman–Crippen MR) is 51.5 cm³/mol. The number of aromatic hydroxyl groups is 1. The molecule has 0 radical (unpaired) electrons. The average molecular weight is 178 g/mol. The second-order valence-corrected chi connectivity index (χ2v) is 3.43. The van der Waals surface area contributed by atoms with E-state index in [0.29, 0.717) is 5.75 Å². The highest BCUT2D eigenvalue weighted by molar-refractivity contribution is 5.29. The van der Waals surface area contributed by atoms with E-state index in [0.717, 1.165) is 18.7 Å². The Hall–Kier alpha value is -1.06. The van der Waals surface area contributed by atoms with E-state index < -0.39 is 0 Å². The number of phenols is 1. The van der Waals surface area contributed by atoms with Gasteiger partial charge in [0, 0.05) is 13.1 Å². The average Bonchev–Trinajstić information content (AvgIpc) is 2.51. The smallest absolute Gasteiger partial charge is 0.115 e. The molecule has 0 aromatic heterocycles. The molecule has 1 unspecified atom stereocenters. The molecule has 0 bridgehead atoms. The molecular weight excluding hydrogens is 164 g/mol. The summed E-state index contributed by atoms with van der Waals surface area (Å²) in [6.07, 6.45) is 0.257. The lowest BCUT2D eigenvalue weighted by Crippen LogP contribution is -2.23. The Kier molecular flexibility index (Phi) is 2.20. The van der Waals surface area contributed by atoms with Gasteiger partial charge in [0.05, 0.1) is 6.17 Å². The molecule has 1 saturated heterocycles. The van der Waals surface area contributed by atoms with Gasteiger partial charge >= 0.3 is 0 Å². The molecule has 0 spiro atoms. The van der Waals surface area contributed by atoms with Crippen molar-refractivity contribution in [3.8, 4) is 5.75 Å². The summed E-state index contributed by atoms with van der Waals surface area (Å²) in [5.41, 5.74) is 1.13. The van der Waals surface area contributed by atoms with Crippen molar-refractivity contribution >= 4 is 0 Å². The van der Waals surface area contributed by atoms with Gasteiger partial charge in [-0.05, 0) is 24.7 Å². The standard InChI is InChI=1S/C10H14N2O/c1-12-6-5-11-10(12)8-3-2-4-9(13)7-8/h2-4,7,10-11,13H,5-6H2,1H3. The normalized spacial score (nSPS) is 23.6. The highest BCUT2D eigenvalue weighted by Gasteiger charge is 2.21. The zero-order chi connectivity index (χ0) is 9.26. The first-order chi connectivity index (χ1) is 6.27. The number of phenolic OH excluding ortho intramolecular Hbond substituents is 1. The van der Waals surface area contributed by atoms with E-state index in [4.69, 9.17) is 0 Å². The van der Waals surface area contributed by atoms with Crippen molar-refractivity contribution in [1.29, 1.82) is 0 Å². The van der Waals surface area contributed by atoms with E-state index in [9.17, 15) is 5.11 Å². The highest BCUT2D eigenvalue weighted by atomic mass is 16.3. The third-order valence-electron chi connectivity index (χ3n) is 2.43. The van der Waals surface area contributed by atoms with E-state index >= 15 is 0 Å². The minimum absolute atomic E-state index is 0.257. The molecular formula is C10H14N2O. The number of hydrogen-bond donors (Lipinski definition) is 2. The number of likely N-dealkylation sites (N-methyl/N-ethyl adjacent to an activating group) is 1. The molecule has 0 saturated carbocycles. The maximum Gasteiger partial charge on any atom is 0.115 e. The molecule has 0 aliphatic carbocycles. The Morgan fingerprint density at radius 2 is 2.38 bits per heavy atom. The van der Waals surface area contributed by atoms with Gasteiger partial charge in [0.2, 0.25) is 0 Å². The highest BCUT2D eigenvalue weighted by Crippen LogP contribution is 2.22. The molecule has 1 aromatic rings. The first-order valence-electron chi connectivity index (χ1n) is 4.50. The lowest BCUT2D eigenvalue weighted by atomic mass is 10.1. The van der Waals surface area contributed by atoms with Gasteiger partial charge < -0.3 is 5.11 Å². The van der Waals surface area contributed by atoms with Crippen molar-refractivity contribution in [3.05, 3.63) is 29.8 Å². The van der Waals surface area contributed by atoms with Crippen LogP contribution in [0.25, 0.3) is 0 Å². The van der Waals surface area contributed by atoms with Crippen molar-refractivity contribution in [3.63, 3.8) is 0 Å². The predicted octanol–water partition coefficient (Wildman–Crippen LogP) is 0.926. The van der Waals surface area contributed by atoms with E-state index in [1.807, 2.05) is 12.1 Å². The van der Waals surface area contributed by atoms with Gasteiger partial charge in [-0.2, -0.15) is 0 Å². The van der Waals surface area contributed by atoms with Crippen molar-refractivity contribution in [2.45, 2.75) is 6.17 Å². The summed E-state index contributed by atoms with van der Waals surface area (Å²) >= 11 is 0. The van der Waals surface area contributed by atoms with Gasteiger partial charge in [0.25, 0.3) is 0 Å². The Labute approximate surface area is 78.0 Å². The summed E-state index contributed by atoms with van der Waals surface area (Å²) in [6, 6.07) is 7.40. The fourth-order valence-corrected chi connectivity index (χ4v) is 1.73. The minimum Gasteiger partial charge on any atom is -0.508 e. The van der Waals surface area contributed by atoms with Gasteiger partial charge in [-0.1, -0.05) is 12.1 Å². The molecule has 3 heteroatoms. The summed E-state index contributed by atoms with van der Waals surface area (Å²) in [5, 5.41) is 12.7. The van der Waals surface area contributed by atoms with Crippen LogP contribution < -0.4 is 5.32 Å². The van der Waals surface area contributed by atoms with Crippen LogP contribution in [0.3, 0.4) is 0 Å². The van der Waals surface area contributed by atoms with Gasteiger partial charge in [0.15, 0.2) is 0 Å². The number of nitrogens with zero attached hydrogens (tertiary/aromatic N) is 1. The summed E-state index contributed by atoms with van der Waals surface area (Å²) in [5.74, 6) is 0.333. The summed E-state index contributed by atoms with van der Waals surface area (Å²) in [6.45, 7) is 2.07. The van der Waals surface area contributed by atoms with Crippen molar-refractivity contribution < 1.29 is 5.11 Å². The molecule has 1 aliphatic heterocycles. The van der Waals surface area contributed by atoms with Crippen LogP contribution in [0.2, 0.25) is 0 Å². The van der Waals surface area contributed by atoms with Crippen LogP contribution in [-0.2, 0) is 0 Å². The number of rotatable bonds is 1. The Bertz CT molecular complexity index is 301. The molecule has 3 nitrogen and oxygen atoms in total. The van der Waals surface area contributed by atoms with E-state index in [1.54, 1.807) is 12.1 Å². The Morgan fingerprint density at radius 1 is 1.54 bits per heavy atom. The zero-order valence-corrected chi connectivity index (χ0v) is 7.70. The lowest BCUT2D eigenvalue weighted by Gasteiger charge is -2.19. The molecule has 1 aliphatic rings. The second-order valence-electron chi connectivity index (χ2n) is 3.43. The number of hydrogen-bond acceptors (Lipinski definition) is 3. The van der Waals surface area contributed by atoms with Crippen LogP contribution in [0.1, 0.15) is 11.7 Å². The maximum atomic E-state index is 9.31. The molecule has 13 heavy (non-hydrogen) atoms. The minimum atomic E-state index is 0.257. The maximum absolute atomic E-state index is 9.31. The third kappa shape index (κ3) is 1.66. The van der Waals surface area contributed by atoms with Crippen LogP contribution in [0.5, 0.6) is 5.75 Å². The number of nitrogens with one attached hydrogen (secondary N) is 1. The van der Waals surface area contributed by atoms with Crippen molar-refractivity contribution in [2.24, 2.45) is 0 Å². The second kappa shape index (κ2) is 3.36. The first-order valence-corrected chi connectivity index (χ1v) is 4.50. The Morgan fingerprint density at radius 3 is 3.00 bits per heavy atom. The van der Waals surface area contributed by atoms with Crippen molar-refractivity contribution in [2.75, 3.05) is 20.1 Å². The lowest BCUT2D eigenvalue weighted by molar-refractivity contribution is 0.300. The van der Waals surface area contributed by atoms with Gasteiger partial charge in [-0.3, -0.25) is 10.2 Å². The van der Waals surface area contributed by atoms with Crippen LogP contribution in [0.4, 0.5) is 0 Å². The molecule has 1 atom stereocenters.